The maximum Gasteiger partial charge on any atom is 0.119 e. The number of hydrogen-bond donors (Lipinski definition) is 4. The normalized spacial score (nSPS) is 12.6. The lowest BCUT2D eigenvalue weighted by molar-refractivity contribution is 0.414. The van der Waals surface area contributed by atoms with Gasteiger partial charge in [-0.15, -0.1) is 0 Å². The van der Waals surface area contributed by atoms with Crippen LogP contribution in [-0.4, -0.2) is 34.2 Å². The Kier molecular flexibility index (Phi) is 5.78. The van der Waals surface area contributed by atoms with Crippen molar-refractivity contribution in [3.63, 3.8) is 0 Å². The number of methoxy groups -OCH3 is 2. The third-order valence-corrected chi connectivity index (χ3v) is 7.25. The summed E-state index contributed by atoms with van der Waals surface area (Å²) in [5.41, 5.74) is 8.28. The summed E-state index contributed by atoms with van der Waals surface area (Å²) >= 11 is 0. The number of hydrogen-bond acceptors (Lipinski definition) is 2. The Morgan fingerprint density at radius 2 is 0.950 bits per heavy atom. The molecular formula is C34H28N4O2. The molecule has 4 aromatic heterocycles. The van der Waals surface area contributed by atoms with Gasteiger partial charge in [0.2, 0.25) is 0 Å². The van der Waals surface area contributed by atoms with Crippen molar-refractivity contribution in [2.24, 2.45) is 0 Å². The molecule has 0 radical (unpaired) electrons. The number of H-pyrrole nitrogens is 4. The molecule has 6 aromatic rings. The van der Waals surface area contributed by atoms with Crippen LogP contribution < -0.4 is 30.9 Å². The van der Waals surface area contributed by atoms with Gasteiger partial charge >= 0.3 is 0 Å². The quantitative estimate of drug-likeness (QED) is 0.284. The van der Waals surface area contributed by atoms with Crippen molar-refractivity contribution in [1.82, 2.24) is 19.9 Å². The second-order valence-corrected chi connectivity index (χ2v) is 9.81. The van der Waals surface area contributed by atoms with Crippen LogP contribution in [0.4, 0.5) is 0 Å². The summed E-state index contributed by atoms with van der Waals surface area (Å²) in [6.45, 7) is 0. The summed E-state index contributed by atoms with van der Waals surface area (Å²) < 4.78 is 11.1. The second-order valence-electron chi connectivity index (χ2n) is 9.81. The molecule has 0 saturated carbocycles. The van der Waals surface area contributed by atoms with Gasteiger partial charge < -0.3 is 29.4 Å². The van der Waals surface area contributed by atoms with E-state index >= 15 is 0 Å². The molecular weight excluding hydrogens is 496 g/mol. The third-order valence-electron chi connectivity index (χ3n) is 7.25. The monoisotopic (exact) mass is 524 g/mol. The Balaban J connectivity index is 1.50. The molecule has 0 fully saturated rings. The van der Waals surface area contributed by atoms with E-state index in [0.717, 1.165) is 77.9 Å². The lowest BCUT2D eigenvalue weighted by atomic mass is 10.0. The van der Waals surface area contributed by atoms with Gasteiger partial charge in [-0.05, 0) is 96.1 Å². The van der Waals surface area contributed by atoms with Gasteiger partial charge in [-0.3, -0.25) is 0 Å². The Hall–Kier alpha value is -5.36. The number of ether oxygens (including phenoxy) is 2. The Labute approximate surface area is 230 Å². The first-order valence-corrected chi connectivity index (χ1v) is 13.2. The van der Waals surface area contributed by atoms with Gasteiger partial charge in [0.05, 0.1) is 14.2 Å². The van der Waals surface area contributed by atoms with Crippen molar-refractivity contribution in [2.75, 3.05) is 14.2 Å². The number of benzene rings is 2. The van der Waals surface area contributed by atoms with Gasteiger partial charge in [-0.2, -0.15) is 0 Å². The number of fused-ring (bicyclic) bond motifs is 8. The van der Waals surface area contributed by atoms with Crippen molar-refractivity contribution in [2.45, 2.75) is 0 Å². The molecule has 4 N–H and O–H groups in total. The summed E-state index contributed by atoms with van der Waals surface area (Å²) in [6, 6.07) is 33.2. The van der Waals surface area contributed by atoms with Gasteiger partial charge in [-0.25, -0.2) is 0 Å². The van der Waals surface area contributed by atoms with Crippen LogP contribution in [0.15, 0.2) is 97.1 Å². The Morgan fingerprint density at radius 1 is 0.475 bits per heavy atom. The van der Waals surface area contributed by atoms with Crippen LogP contribution in [0.5, 0.6) is 11.5 Å². The molecule has 7 rings (SSSR count). The van der Waals surface area contributed by atoms with E-state index in [2.05, 4.69) is 105 Å². The highest BCUT2D eigenvalue weighted by Crippen LogP contribution is 2.25. The Bertz CT molecular complexity index is 1950. The van der Waals surface area contributed by atoms with Crippen LogP contribution in [0.25, 0.3) is 23.3 Å². The number of rotatable bonds is 4. The number of aromatic amines is 4. The van der Waals surface area contributed by atoms with E-state index < -0.39 is 0 Å². The molecule has 1 aliphatic rings. The summed E-state index contributed by atoms with van der Waals surface area (Å²) in [5, 5.41) is 4.02. The number of aromatic nitrogens is 4. The summed E-state index contributed by atoms with van der Waals surface area (Å²) in [5.74, 6) is 1.63. The van der Waals surface area contributed by atoms with E-state index in [1.807, 2.05) is 24.3 Å². The lowest BCUT2D eigenvalue weighted by Gasteiger charge is -2.08. The molecule has 0 amide bonds. The molecule has 0 aliphatic carbocycles. The maximum absolute atomic E-state index is 5.53. The molecule has 0 atom stereocenters. The predicted molar refractivity (Wildman–Crippen MR) is 158 cm³/mol. The zero-order valence-electron chi connectivity index (χ0n) is 22.2. The van der Waals surface area contributed by atoms with Crippen LogP contribution in [0, 0.1) is 0 Å². The van der Waals surface area contributed by atoms with Crippen molar-refractivity contribution >= 4 is 23.3 Å². The molecule has 196 valence electrons. The third kappa shape index (κ3) is 4.35. The number of nitrogens with one attached hydrogen (secondary N) is 4. The van der Waals surface area contributed by atoms with E-state index in [-0.39, 0.29) is 0 Å². The van der Waals surface area contributed by atoms with Gasteiger partial charge in [0, 0.05) is 55.3 Å². The Morgan fingerprint density at radius 3 is 1.40 bits per heavy atom. The van der Waals surface area contributed by atoms with Gasteiger partial charge in [-0.1, -0.05) is 24.3 Å². The van der Waals surface area contributed by atoms with Crippen molar-refractivity contribution in [3.8, 4) is 11.5 Å². The second kappa shape index (κ2) is 9.75. The molecule has 0 unspecified atom stereocenters. The van der Waals surface area contributed by atoms with Crippen molar-refractivity contribution < 1.29 is 9.47 Å². The SMILES string of the molecule is COc1cccc(C2=c3ccc([nH]3)=Cc3ccc([nH]3)C(c3cccc(OC)c3)=c3ccc([nH]3)=Cc3ccc2[nH]3)c1. The molecule has 6 nitrogen and oxygen atoms in total. The van der Waals surface area contributed by atoms with E-state index in [4.69, 9.17) is 9.47 Å². The van der Waals surface area contributed by atoms with Crippen LogP contribution in [0.2, 0.25) is 0 Å². The first-order valence-electron chi connectivity index (χ1n) is 13.2. The van der Waals surface area contributed by atoms with Crippen LogP contribution >= 0.6 is 0 Å². The molecule has 40 heavy (non-hydrogen) atoms. The van der Waals surface area contributed by atoms with Gasteiger partial charge in [0.1, 0.15) is 11.5 Å². The fraction of sp³-hybridized carbons (Fsp3) is 0.0588. The molecule has 6 heteroatoms. The first kappa shape index (κ1) is 23.7. The smallest absolute Gasteiger partial charge is 0.119 e. The van der Waals surface area contributed by atoms with E-state index in [1.165, 1.54) is 0 Å². The molecule has 0 saturated heterocycles. The largest absolute Gasteiger partial charge is 0.497 e. The highest BCUT2D eigenvalue weighted by Gasteiger charge is 2.13. The zero-order chi connectivity index (χ0) is 27.1. The van der Waals surface area contributed by atoms with Crippen LogP contribution in [0.3, 0.4) is 0 Å². The predicted octanol–water partition coefficient (Wildman–Crippen LogP) is 3.48. The van der Waals surface area contributed by atoms with Crippen molar-refractivity contribution in [3.05, 3.63) is 152 Å². The van der Waals surface area contributed by atoms with Crippen LogP contribution in [0.1, 0.15) is 33.9 Å². The highest BCUT2D eigenvalue weighted by molar-refractivity contribution is 5.80. The summed E-state index contributed by atoms with van der Waals surface area (Å²) in [4.78, 5) is 14.5. The summed E-state index contributed by atoms with van der Waals surface area (Å²) in [7, 11) is 3.39. The summed E-state index contributed by atoms with van der Waals surface area (Å²) in [6.07, 6.45) is 4.25. The average molecular weight is 525 g/mol. The molecule has 0 spiro atoms. The van der Waals surface area contributed by atoms with E-state index in [1.54, 1.807) is 14.2 Å². The standard InChI is InChI=1S/C34H28N4O2/c1-39-27-7-3-5-21(17-27)33-29-13-9-23(35-29)19-25-11-15-31(37-25)34(22-6-4-8-28(18-22)40-2)32-16-12-26(38-32)20-24-10-14-30(33)36-24/h3-20,35-38H,1-2H3. The zero-order valence-corrected chi connectivity index (χ0v) is 22.2. The fourth-order valence-corrected chi connectivity index (χ4v) is 5.37. The minimum absolute atomic E-state index is 0.815. The average Bonchev–Trinajstić information content (AvgIpc) is 3.80. The van der Waals surface area contributed by atoms with E-state index in [0.29, 0.717) is 0 Å². The molecule has 8 bridgehead atoms. The van der Waals surface area contributed by atoms with Gasteiger partial charge in [0.25, 0.3) is 0 Å². The highest BCUT2D eigenvalue weighted by atomic mass is 16.5. The minimum Gasteiger partial charge on any atom is -0.497 e. The fourth-order valence-electron chi connectivity index (χ4n) is 5.37. The first-order chi connectivity index (χ1) is 19.7. The molecule has 2 aromatic carbocycles. The topological polar surface area (TPSA) is 81.6 Å². The van der Waals surface area contributed by atoms with E-state index in [9.17, 15) is 0 Å². The molecule has 5 heterocycles. The molecule has 1 aliphatic heterocycles. The lowest BCUT2D eigenvalue weighted by Crippen LogP contribution is -2.15. The maximum atomic E-state index is 5.53. The van der Waals surface area contributed by atoms with Gasteiger partial charge in [0.15, 0.2) is 0 Å². The van der Waals surface area contributed by atoms with Crippen LogP contribution in [-0.2, 0) is 0 Å². The van der Waals surface area contributed by atoms with Crippen molar-refractivity contribution in [1.29, 1.82) is 0 Å². The minimum atomic E-state index is 0.815.